The molecule has 0 unspecified atom stereocenters. The number of rotatable bonds is 44. The predicted octanol–water partition coefficient (Wildman–Crippen LogP) is -2.22. The second-order valence-corrected chi connectivity index (χ2v) is 35.3. The standard InChI is InChI=1S/C91H129N19O27.C2HF3O2/c1-3-4-5-9-21-66-85(130)101-68(44-62-47-94-64-20-11-10-19-63(62)64)83(128)97-49-74(113)99-65(22-13-15-30-93-90(135)108-37-35-105(36-38-108)51-78(118)119)84(129)103-69(45-77(116)117)89(134)110-32-16-23-70(110)87(132)98-48-73(112)96-50-76(115)104(2)71(43-59-17-7-6-8-18-59)88(133)102-67(86(131)100-66)42-60-25-27-61(28-26-60)46-95-75(114)56-137-41-40-136-39-31-92-72(111)24-12-14-29-91(109(54-81(124)125)55-82(126)127)57-106(52-79(120)121)33-34-107(58-91)53-80(122)123;3-2(4,5)1(6)7/h6-8,10-11,17-20,25-28,47,65-71,94H,3-5,9,12-16,21-24,29-46,48-58H2,1-2H3,(H,92,111)(H,93,135)(H,95,114)(H,96,112)(H,97,128)(H,98,132)(H,99,113)(H,100,131)(H,101,130)(H,102,133)(H,103,129)(H,116,117)(H,118,119)(H,120,121)(H,122,123)(H,124,125)(H,126,127);(H,6,7)/t65-,66-,67-,68-,69-,70+,71-;/m0./s1. The van der Waals surface area contributed by atoms with E-state index >= 15 is 14.4 Å². The van der Waals surface area contributed by atoms with Crippen LogP contribution in [0.15, 0.2) is 85.1 Å². The summed E-state index contributed by atoms with van der Waals surface area (Å²) < 4.78 is 42.9. The van der Waals surface area contributed by atoms with Crippen LogP contribution in [0.3, 0.4) is 0 Å². The Bertz CT molecular complexity index is 5010. The van der Waals surface area contributed by atoms with Crippen LogP contribution in [0.2, 0.25) is 0 Å². The van der Waals surface area contributed by atoms with Crippen LogP contribution in [0.1, 0.15) is 125 Å². The molecule has 4 aliphatic heterocycles. The van der Waals surface area contributed by atoms with Gasteiger partial charge in [-0.15, -0.1) is 0 Å². The quantitative estimate of drug-likeness (QED) is 0.0209. The number of nitrogens with zero attached hydrogens (tertiary/aromatic N) is 7. The van der Waals surface area contributed by atoms with E-state index in [1.165, 1.54) is 26.6 Å². The highest BCUT2D eigenvalue weighted by Crippen LogP contribution is 2.30. The van der Waals surface area contributed by atoms with Gasteiger partial charge in [-0.25, -0.2) is 9.59 Å². The molecule has 0 saturated carbocycles. The van der Waals surface area contributed by atoms with Crippen LogP contribution in [-0.4, -0.2) is 406 Å². The van der Waals surface area contributed by atoms with Gasteiger partial charge in [0.25, 0.3) is 0 Å². The smallest absolute Gasteiger partial charge is 0.481 e. The molecule has 5 heterocycles. The number of aliphatic carboxylic acids is 7. The average molecular weight is 2040 g/mol. The van der Waals surface area contributed by atoms with E-state index < -0.39 is 219 Å². The van der Waals surface area contributed by atoms with Crippen molar-refractivity contribution in [2.24, 2.45) is 0 Å². The lowest BCUT2D eigenvalue weighted by molar-refractivity contribution is -0.192. The normalized spacial score (nSPS) is 20.0. The maximum Gasteiger partial charge on any atom is 0.490 e. The Morgan fingerprint density at radius 1 is 0.493 bits per heavy atom. The van der Waals surface area contributed by atoms with Crippen LogP contribution in [0.4, 0.5) is 18.0 Å². The number of urea groups is 1. The van der Waals surface area contributed by atoms with Gasteiger partial charge in [0.2, 0.25) is 70.9 Å². The van der Waals surface area contributed by atoms with Crippen LogP contribution in [0.25, 0.3) is 10.9 Å². The molecule has 3 aromatic carbocycles. The zero-order valence-corrected chi connectivity index (χ0v) is 80.2. The molecule has 19 N–H and O–H groups in total. The van der Waals surface area contributed by atoms with Gasteiger partial charge in [0.05, 0.1) is 78.6 Å². The third kappa shape index (κ3) is 41.1. The van der Waals surface area contributed by atoms with Crippen LogP contribution < -0.4 is 58.5 Å². The summed E-state index contributed by atoms with van der Waals surface area (Å²) in [7, 11) is 1.31. The van der Waals surface area contributed by atoms with Gasteiger partial charge in [-0.3, -0.25) is 106 Å². The van der Waals surface area contributed by atoms with Crippen LogP contribution in [0.5, 0.6) is 0 Å². The number of nitrogens with one attached hydrogen (secondary N) is 12. The zero-order valence-electron chi connectivity index (χ0n) is 80.2. The highest BCUT2D eigenvalue weighted by Gasteiger charge is 2.46. The molecule has 1 aromatic heterocycles. The second-order valence-electron chi connectivity index (χ2n) is 35.3. The number of ether oxygens (including phenoxy) is 2. The molecule has 4 aromatic rings. The van der Waals surface area contributed by atoms with Gasteiger partial charge in [-0.2, -0.15) is 13.2 Å². The van der Waals surface area contributed by atoms with E-state index in [9.17, 15) is 121 Å². The molecule has 48 nitrogen and oxygen atoms in total. The fourth-order valence-electron chi connectivity index (χ4n) is 16.9. The fourth-order valence-corrected chi connectivity index (χ4v) is 16.9. The number of alkyl halides is 3. The number of para-hydroxylation sites is 1. The number of carboxylic acid groups (broad SMARTS) is 7. The molecule has 0 spiro atoms. The molecule has 144 heavy (non-hydrogen) atoms. The molecule has 14 amide bonds. The lowest BCUT2D eigenvalue weighted by atomic mass is 9.88. The number of hydrogen-bond donors (Lipinski definition) is 19. The number of aromatic amines is 1. The van der Waals surface area contributed by atoms with E-state index in [1.807, 2.05) is 6.92 Å². The number of piperazine rings is 1. The molecule has 4 saturated heterocycles. The molecule has 792 valence electrons. The maximum atomic E-state index is 15.4. The summed E-state index contributed by atoms with van der Waals surface area (Å²) in [5.41, 5.74) is 1.48. The average Bonchev–Trinajstić information content (AvgIpc) is 1.43. The third-order valence-electron chi connectivity index (χ3n) is 24.2. The Morgan fingerprint density at radius 3 is 1.67 bits per heavy atom. The van der Waals surface area contributed by atoms with Crippen molar-refractivity contribution in [3.63, 3.8) is 0 Å². The van der Waals surface area contributed by atoms with E-state index in [0.29, 0.717) is 59.1 Å². The van der Waals surface area contributed by atoms with E-state index in [2.05, 4.69) is 63.5 Å². The number of H-pyrrole nitrogens is 1. The first kappa shape index (κ1) is 117. The minimum atomic E-state index is -5.08. The molecule has 4 aliphatic rings. The highest BCUT2D eigenvalue weighted by molar-refractivity contribution is 6.00. The number of unbranched alkanes of at least 4 members (excludes halogenated alkanes) is 5. The van der Waals surface area contributed by atoms with Gasteiger partial charge >= 0.3 is 54.0 Å². The Balaban J connectivity index is 0.00000387. The van der Waals surface area contributed by atoms with Gasteiger partial charge in [0, 0.05) is 134 Å². The van der Waals surface area contributed by atoms with Crippen LogP contribution in [0, 0.1) is 0 Å². The van der Waals surface area contributed by atoms with Gasteiger partial charge in [0.15, 0.2) is 0 Å². The Morgan fingerprint density at radius 2 is 1.04 bits per heavy atom. The molecule has 0 bridgehead atoms. The van der Waals surface area contributed by atoms with E-state index in [4.69, 9.17) is 19.4 Å². The van der Waals surface area contributed by atoms with Gasteiger partial charge in [-0.05, 0) is 79.7 Å². The summed E-state index contributed by atoms with van der Waals surface area (Å²) in [6, 6.07) is 11.3. The van der Waals surface area contributed by atoms with Crippen molar-refractivity contribution in [3.8, 4) is 0 Å². The first-order chi connectivity index (χ1) is 68.5. The van der Waals surface area contributed by atoms with Crippen LogP contribution >= 0.6 is 0 Å². The first-order valence-electron chi connectivity index (χ1n) is 47.3. The molecule has 7 atom stereocenters. The molecule has 8 rings (SSSR count). The van der Waals surface area contributed by atoms with Crippen molar-refractivity contribution >= 4 is 130 Å². The molecular weight excluding hydrogens is 1900 g/mol. The summed E-state index contributed by atoms with van der Waals surface area (Å²) in [6.45, 7) is -2.02. The summed E-state index contributed by atoms with van der Waals surface area (Å²) >= 11 is 0. The van der Waals surface area contributed by atoms with Gasteiger partial charge in [0.1, 0.15) is 48.9 Å². The Hall–Kier alpha value is -14.1. The monoisotopic (exact) mass is 2030 g/mol. The number of likely N-dealkylation sites (N-methyl/N-ethyl adjacent to an activating group) is 1. The van der Waals surface area contributed by atoms with Crippen molar-refractivity contribution in [1.82, 2.24) is 97.8 Å². The molecule has 51 heteroatoms. The van der Waals surface area contributed by atoms with E-state index in [1.54, 1.807) is 90.0 Å². The van der Waals surface area contributed by atoms with Crippen molar-refractivity contribution in [2.75, 3.05) is 158 Å². The number of carboxylic acids is 7. The van der Waals surface area contributed by atoms with Gasteiger partial charge < -0.3 is 123 Å². The molecule has 0 radical (unpaired) electrons. The number of carbonyl (C=O) groups is 20. The summed E-state index contributed by atoms with van der Waals surface area (Å²) in [4.78, 5) is 279. The minimum Gasteiger partial charge on any atom is -0.481 e. The number of fused-ring (bicyclic) bond motifs is 2. The second kappa shape index (κ2) is 59.8. The summed E-state index contributed by atoms with van der Waals surface area (Å²) in [5.74, 6) is -20.3. The number of hydrogen-bond acceptors (Lipinski definition) is 26. The first-order valence-corrected chi connectivity index (χ1v) is 47.3. The molecule has 0 aliphatic carbocycles. The van der Waals surface area contributed by atoms with Crippen molar-refractivity contribution < 1.29 is 154 Å². The predicted molar refractivity (Wildman–Crippen MR) is 503 cm³/mol. The SMILES string of the molecule is CCCCCC[C@@H]1NC(=O)[C@H](Cc2ccc(CNC(=O)COCCOCCNC(=O)CCCCC3(N(CC(=O)O)CC(=O)O)CN(CC(=O)O)CCN(CC(=O)O)C3)cc2)NC(=O)[C@H](Cc2ccccc2)N(C)C(=O)CNC(=O)CNC(=O)[C@H]2CCCN2C(=O)[C@H](CC(=O)O)NC(=O)[C@H](CCCCNC(=O)N2CCN(CC(=O)O)CC2)NC(=O)CNC(=O)[C@H](Cc2c[nH]c3ccccc23)NC1=O.O=C(O)C(F)(F)F. The van der Waals surface area contributed by atoms with Crippen LogP contribution in [-0.2, 0) is 126 Å². The van der Waals surface area contributed by atoms with E-state index in [0.717, 1.165) is 22.6 Å². The minimum absolute atomic E-state index is 0.00231. The topological polar surface area (TPSA) is 672 Å². The summed E-state index contributed by atoms with van der Waals surface area (Å²) in [6.07, 6.45) is -1.64. The number of aromatic nitrogens is 1. The largest absolute Gasteiger partial charge is 0.490 e. The van der Waals surface area contributed by atoms with Crippen molar-refractivity contribution in [1.29, 1.82) is 0 Å². The number of carbonyl (C=O) groups excluding carboxylic acids is 13. The molecule has 4 fully saturated rings. The summed E-state index contributed by atoms with van der Waals surface area (Å²) in [5, 5.41) is 95.5. The number of benzene rings is 3. The Labute approximate surface area is 826 Å². The highest BCUT2D eigenvalue weighted by atomic mass is 19.4. The van der Waals surface area contributed by atoms with Crippen molar-refractivity contribution in [2.45, 2.75) is 183 Å². The lowest BCUT2D eigenvalue weighted by Crippen LogP contribution is -2.62. The molecular formula is C93H130F3N19O29. The maximum absolute atomic E-state index is 15.4. The van der Waals surface area contributed by atoms with Crippen molar-refractivity contribution in [3.05, 3.63) is 107 Å². The Kier molecular flexibility index (Phi) is 48.5. The fraction of sp³-hybridized carbons (Fsp3) is 0.570. The van der Waals surface area contributed by atoms with Gasteiger partial charge in [-0.1, -0.05) is 112 Å². The third-order valence-corrected chi connectivity index (χ3v) is 24.2. The number of halogens is 3. The van der Waals surface area contributed by atoms with E-state index in [-0.39, 0.29) is 188 Å². The zero-order chi connectivity index (χ0) is 106. The number of amides is 14. The lowest BCUT2D eigenvalue weighted by Gasteiger charge is -2.45.